The third-order valence-corrected chi connectivity index (χ3v) is 11.3. The summed E-state index contributed by atoms with van der Waals surface area (Å²) in [5.41, 5.74) is 5.33. The van der Waals surface area contributed by atoms with Gasteiger partial charge in [-0.3, -0.25) is 18.6 Å². The van der Waals surface area contributed by atoms with E-state index in [0.29, 0.717) is 6.42 Å². The molecule has 0 saturated carbocycles. The van der Waals surface area contributed by atoms with Gasteiger partial charge in [-0.05, 0) is 19.3 Å². The second-order valence-electron chi connectivity index (χ2n) is 16.0. The number of carbonyl (C=O) groups excluding carboxylic acids is 2. The number of phosphoric acid groups is 1. The molecule has 0 bridgehead atoms. The lowest BCUT2D eigenvalue weighted by Crippen LogP contribution is -2.34. The van der Waals surface area contributed by atoms with E-state index in [1.165, 1.54) is 167 Å². The molecule has 0 saturated heterocycles. The second kappa shape index (κ2) is 41.7. The zero-order chi connectivity index (χ0) is 42.8. The molecule has 340 valence electrons. The maximum Gasteiger partial charge on any atom is 0.472 e. The van der Waals surface area contributed by atoms with Gasteiger partial charge in [0.2, 0.25) is 0 Å². The summed E-state index contributed by atoms with van der Waals surface area (Å²) in [5, 5.41) is 8.89. The molecule has 0 aromatic carbocycles. The van der Waals surface area contributed by atoms with Gasteiger partial charge in [0.05, 0.1) is 13.2 Å². The highest BCUT2D eigenvalue weighted by Crippen LogP contribution is 2.43. The van der Waals surface area contributed by atoms with E-state index in [-0.39, 0.29) is 6.42 Å². The Kier molecular flexibility index (Phi) is 40.2. The number of rotatable bonds is 44. The summed E-state index contributed by atoms with van der Waals surface area (Å²) in [7, 11) is -4.73. The largest absolute Gasteiger partial charge is 0.480 e. The van der Waals surface area contributed by atoms with Crippen molar-refractivity contribution in [3.05, 3.63) is 24.3 Å². The van der Waals surface area contributed by atoms with Gasteiger partial charge in [-0.2, -0.15) is 0 Å². The Hall–Kier alpha value is -2.04. The third-order valence-electron chi connectivity index (χ3n) is 10.3. The van der Waals surface area contributed by atoms with Crippen LogP contribution in [-0.2, 0) is 37.5 Å². The molecule has 0 aromatic rings. The SMILES string of the molecule is CCCCCCCCCCCCC/C=C/C=C/C(=O)OC[C@H](COP(=O)(O)OC[C@H](N)C(=O)O)OC(=O)CCCCCCCCCCCCCCCCCCCCC. The van der Waals surface area contributed by atoms with E-state index in [4.69, 9.17) is 24.8 Å². The van der Waals surface area contributed by atoms with E-state index in [2.05, 4.69) is 18.4 Å². The number of allylic oxidation sites excluding steroid dienone is 3. The van der Waals surface area contributed by atoms with Crippen LogP contribution in [0.5, 0.6) is 0 Å². The van der Waals surface area contributed by atoms with E-state index >= 15 is 0 Å². The first-order chi connectivity index (χ1) is 28.1. The van der Waals surface area contributed by atoms with Gasteiger partial charge in [0.15, 0.2) is 6.10 Å². The molecule has 0 aliphatic carbocycles. The van der Waals surface area contributed by atoms with Crippen molar-refractivity contribution >= 4 is 25.7 Å². The summed E-state index contributed by atoms with van der Waals surface area (Å²) < 4.78 is 32.6. The van der Waals surface area contributed by atoms with E-state index < -0.39 is 57.7 Å². The summed E-state index contributed by atoms with van der Waals surface area (Å²) in [6.07, 6.45) is 44.5. The van der Waals surface area contributed by atoms with Crippen molar-refractivity contribution in [1.82, 2.24) is 0 Å². The molecule has 0 heterocycles. The van der Waals surface area contributed by atoms with Gasteiger partial charge in [-0.15, -0.1) is 0 Å². The highest BCUT2D eigenvalue weighted by molar-refractivity contribution is 7.47. The van der Waals surface area contributed by atoms with Gasteiger partial charge in [0.25, 0.3) is 0 Å². The van der Waals surface area contributed by atoms with Crippen molar-refractivity contribution in [3.8, 4) is 0 Å². The Labute approximate surface area is 353 Å². The normalized spacial score (nSPS) is 13.9. The summed E-state index contributed by atoms with van der Waals surface area (Å²) in [6, 6.07) is -1.53. The topological polar surface area (TPSA) is 172 Å². The summed E-state index contributed by atoms with van der Waals surface area (Å²) >= 11 is 0. The van der Waals surface area contributed by atoms with Crippen molar-refractivity contribution in [2.24, 2.45) is 5.73 Å². The van der Waals surface area contributed by atoms with Crippen LogP contribution in [0.4, 0.5) is 0 Å². The number of phosphoric ester groups is 1. The molecule has 11 nitrogen and oxygen atoms in total. The van der Waals surface area contributed by atoms with E-state index in [1.807, 2.05) is 6.08 Å². The van der Waals surface area contributed by atoms with Crippen molar-refractivity contribution in [3.63, 3.8) is 0 Å². The van der Waals surface area contributed by atoms with Gasteiger partial charge in [0.1, 0.15) is 12.6 Å². The molecule has 3 atom stereocenters. The first-order valence-corrected chi connectivity index (χ1v) is 24.9. The number of aliphatic carboxylic acids is 1. The summed E-state index contributed by atoms with van der Waals surface area (Å²) in [4.78, 5) is 45.9. The zero-order valence-corrected chi connectivity index (χ0v) is 37.8. The first-order valence-electron chi connectivity index (χ1n) is 23.4. The van der Waals surface area contributed by atoms with Crippen LogP contribution in [0.1, 0.15) is 219 Å². The Morgan fingerprint density at radius 1 is 0.569 bits per heavy atom. The maximum absolute atomic E-state index is 12.6. The second-order valence-corrected chi connectivity index (χ2v) is 17.4. The molecule has 0 aliphatic rings. The lowest BCUT2D eigenvalue weighted by atomic mass is 10.0. The quantitative estimate of drug-likeness (QED) is 0.0175. The minimum absolute atomic E-state index is 0.147. The van der Waals surface area contributed by atoms with E-state index in [9.17, 15) is 23.8 Å². The first kappa shape index (κ1) is 56.0. The number of carbonyl (C=O) groups is 3. The highest BCUT2D eigenvalue weighted by atomic mass is 31.2. The predicted octanol–water partition coefficient (Wildman–Crippen LogP) is 12.6. The molecule has 12 heteroatoms. The minimum atomic E-state index is -4.73. The third kappa shape index (κ3) is 40.7. The number of esters is 2. The van der Waals surface area contributed by atoms with Crippen molar-refractivity contribution in [2.45, 2.75) is 231 Å². The average Bonchev–Trinajstić information content (AvgIpc) is 3.20. The van der Waals surface area contributed by atoms with Gasteiger partial charge < -0.3 is 25.2 Å². The van der Waals surface area contributed by atoms with Crippen LogP contribution in [-0.4, -0.2) is 59.9 Å². The summed E-state index contributed by atoms with van der Waals surface area (Å²) in [5.74, 6) is -2.63. The van der Waals surface area contributed by atoms with Crippen LogP contribution in [0.3, 0.4) is 0 Å². The molecule has 0 aliphatic heterocycles. The van der Waals surface area contributed by atoms with Crippen LogP contribution in [0, 0.1) is 0 Å². The number of nitrogens with two attached hydrogens (primary N) is 1. The van der Waals surface area contributed by atoms with Crippen LogP contribution in [0.15, 0.2) is 24.3 Å². The molecule has 1 unspecified atom stereocenters. The lowest BCUT2D eigenvalue weighted by Gasteiger charge is -2.20. The number of hydrogen-bond acceptors (Lipinski definition) is 9. The van der Waals surface area contributed by atoms with Crippen molar-refractivity contribution in [2.75, 3.05) is 19.8 Å². The van der Waals surface area contributed by atoms with Gasteiger partial charge in [-0.1, -0.05) is 212 Å². The van der Waals surface area contributed by atoms with E-state index in [0.717, 1.165) is 32.1 Å². The molecule has 0 spiro atoms. The summed E-state index contributed by atoms with van der Waals surface area (Å²) in [6.45, 7) is 2.72. The number of hydrogen-bond donors (Lipinski definition) is 3. The van der Waals surface area contributed by atoms with E-state index in [1.54, 1.807) is 12.2 Å². The molecule has 0 radical (unpaired) electrons. The monoisotopic (exact) mass is 844 g/mol. The van der Waals surface area contributed by atoms with Crippen molar-refractivity contribution < 1.29 is 47.5 Å². The molecule has 0 amide bonds. The predicted molar refractivity (Wildman–Crippen MR) is 236 cm³/mol. The fraction of sp³-hybridized carbons (Fsp3) is 0.848. The molecule has 58 heavy (non-hydrogen) atoms. The van der Waals surface area contributed by atoms with Gasteiger partial charge in [0, 0.05) is 12.5 Å². The molecule has 0 rings (SSSR count). The number of carboxylic acid groups (broad SMARTS) is 1. The molecule has 4 N–H and O–H groups in total. The highest BCUT2D eigenvalue weighted by Gasteiger charge is 2.28. The maximum atomic E-state index is 12.6. The smallest absolute Gasteiger partial charge is 0.472 e. The van der Waals surface area contributed by atoms with Crippen LogP contribution < -0.4 is 5.73 Å². The zero-order valence-electron chi connectivity index (χ0n) is 36.9. The Morgan fingerprint density at radius 3 is 1.40 bits per heavy atom. The van der Waals surface area contributed by atoms with Gasteiger partial charge in [-0.25, -0.2) is 9.36 Å². The number of unbranched alkanes of at least 4 members (excludes halogenated alkanes) is 29. The van der Waals surface area contributed by atoms with Crippen LogP contribution in [0.25, 0.3) is 0 Å². The number of ether oxygens (including phenoxy) is 2. The fourth-order valence-electron chi connectivity index (χ4n) is 6.63. The Balaban J connectivity index is 4.36. The minimum Gasteiger partial charge on any atom is -0.480 e. The lowest BCUT2D eigenvalue weighted by molar-refractivity contribution is -0.159. The molecule has 0 aromatic heterocycles. The molecular formula is C46H86NO10P. The standard InChI is InChI=1S/C46H86NO10P/c1-3-5-7-9-11-13-15-17-19-20-21-22-24-26-28-30-32-34-36-38-45(49)57-42(40-55-58(52,53)56-41-43(47)46(50)51)39-54-44(48)37-35-33-31-29-27-25-23-18-16-14-12-10-8-6-4-2/h31,33,35,37,42-43H,3-30,32,34,36,38-41,47H2,1-2H3,(H,50,51)(H,52,53)/b33-31+,37-35+/t42-,43+/m1/s1. The van der Waals surface area contributed by atoms with Gasteiger partial charge >= 0.3 is 25.7 Å². The Bertz CT molecular complexity index is 1080. The van der Waals surface area contributed by atoms with Crippen LogP contribution in [0.2, 0.25) is 0 Å². The van der Waals surface area contributed by atoms with Crippen LogP contribution >= 0.6 is 7.82 Å². The number of carboxylic acids is 1. The molecule has 0 fully saturated rings. The average molecular weight is 844 g/mol. The molecular weight excluding hydrogens is 757 g/mol. The fourth-order valence-corrected chi connectivity index (χ4v) is 7.41. The Morgan fingerprint density at radius 2 is 0.966 bits per heavy atom. The van der Waals surface area contributed by atoms with Crippen molar-refractivity contribution in [1.29, 1.82) is 0 Å².